The molecule has 5 aromatic rings. The van der Waals surface area contributed by atoms with Crippen LogP contribution in [0, 0.1) is 20.8 Å². The lowest BCUT2D eigenvalue weighted by Crippen LogP contribution is -2.22. The average molecular weight is 624 g/mol. The molecule has 0 aliphatic heterocycles. The number of nitrogens with zero attached hydrogens (tertiary/aromatic N) is 1. The summed E-state index contributed by atoms with van der Waals surface area (Å²) in [5.74, 6) is 0.132. The van der Waals surface area contributed by atoms with Crippen LogP contribution >= 0.6 is 0 Å². The van der Waals surface area contributed by atoms with Crippen LogP contribution in [0.15, 0.2) is 115 Å². The van der Waals surface area contributed by atoms with Gasteiger partial charge in [0.25, 0.3) is 0 Å². The molecule has 0 radical (unpaired) electrons. The lowest BCUT2D eigenvalue weighted by Gasteiger charge is -2.28. The first-order chi connectivity index (χ1) is 22.7. The summed E-state index contributed by atoms with van der Waals surface area (Å²) >= 11 is 0. The van der Waals surface area contributed by atoms with Crippen molar-refractivity contribution in [2.24, 2.45) is 0 Å². The van der Waals surface area contributed by atoms with Crippen molar-refractivity contribution in [1.29, 1.82) is 0 Å². The highest BCUT2D eigenvalue weighted by Gasteiger charge is 2.23. The van der Waals surface area contributed by atoms with Crippen LogP contribution in [0.3, 0.4) is 0 Å². The molecular weight excluding hydrogens is 571 g/mol. The van der Waals surface area contributed by atoms with Gasteiger partial charge in [-0.25, -0.2) is 0 Å². The van der Waals surface area contributed by atoms with Crippen LogP contribution in [0.2, 0.25) is 0 Å². The van der Waals surface area contributed by atoms with E-state index in [1.807, 2.05) is 0 Å². The molecule has 3 heteroatoms. The first-order valence-corrected chi connectivity index (χ1v) is 17.4. The number of rotatable bonds is 14. The van der Waals surface area contributed by atoms with Crippen LogP contribution in [-0.4, -0.2) is 25.2 Å². The SMILES string of the molecule is CCN(CC)c1ccc(C(c2ccc(NC(C)Cc3ccccc3)cc2C)c2ccc(NC(C)Cc3ccccc3)cc2C)c(C)c1. The Morgan fingerprint density at radius 1 is 0.511 bits per heavy atom. The zero-order chi connectivity index (χ0) is 33.3. The van der Waals surface area contributed by atoms with Gasteiger partial charge in [0.1, 0.15) is 0 Å². The number of benzene rings is 5. The fraction of sp³-hybridized carbons (Fsp3) is 0.318. The summed E-state index contributed by atoms with van der Waals surface area (Å²) in [7, 11) is 0. The van der Waals surface area contributed by atoms with Gasteiger partial charge in [-0.3, -0.25) is 0 Å². The van der Waals surface area contributed by atoms with Crippen molar-refractivity contribution in [1.82, 2.24) is 0 Å². The summed E-state index contributed by atoms with van der Waals surface area (Å²) in [6, 6.07) is 43.1. The summed E-state index contributed by atoms with van der Waals surface area (Å²) in [6.45, 7) is 17.8. The Morgan fingerprint density at radius 3 is 1.30 bits per heavy atom. The Bertz CT molecular complexity index is 1620. The Hall–Kier alpha value is -4.50. The molecule has 0 aliphatic carbocycles. The molecular formula is C44H53N3. The molecule has 47 heavy (non-hydrogen) atoms. The van der Waals surface area contributed by atoms with Gasteiger partial charge in [0, 0.05) is 48.2 Å². The van der Waals surface area contributed by atoms with Gasteiger partial charge in [0.15, 0.2) is 0 Å². The van der Waals surface area contributed by atoms with Crippen molar-refractivity contribution in [3.05, 3.63) is 160 Å². The first kappa shape index (κ1) is 33.9. The maximum Gasteiger partial charge on any atom is 0.0368 e. The molecule has 0 heterocycles. The van der Waals surface area contributed by atoms with E-state index in [1.54, 1.807) is 0 Å². The topological polar surface area (TPSA) is 27.3 Å². The summed E-state index contributed by atoms with van der Waals surface area (Å²) in [5.41, 5.74) is 14.4. The van der Waals surface area contributed by atoms with E-state index in [-0.39, 0.29) is 5.92 Å². The van der Waals surface area contributed by atoms with E-state index >= 15 is 0 Å². The van der Waals surface area contributed by atoms with Crippen LogP contribution in [0.25, 0.3) is 0 Å². The lowest BCUT2D eigenvalue weighted by atomic mass is 9.79. The zero-order valence-corrected chi connectivity index (χ0v) is 29.5. The molecule has 5 rings (SSSR count). The summed E-state index contributed by atoms with van der Waals surface area (Å²) in [5, 5.41) is 7.52. The summed E-state index contributed by atoms with van der Waals surface area (Å²) < 4.78 is 0. The predicted octanol–water partition coefficient (Wildman–Crippen LogP) is 10.7. The average Bonchev–Trinajstić information content (AvgIpc) is 3.05. The second-order valence-corrected chi connectivity index (χ2v) is 13.3. The number of hydrogen-bond donors (Lipinski definition) is 2. The molecule has 0 aromatic heterocycles. The second-order valence-electron chi connectivity index (χ2n) is 13.3. The van der Waals surface area contributed by atoms with Crippen LogP contribution < -0.4 is 15.5 Å². The van der Waals surface area contributed by atoms with E-state index in [1.165, 1.54) is 61.6 Å². The number of anilines is 3. The Kier molecular flexibility index (Phi) is 11.4. The third-order valence-electron chi connectivity index (χ3n) is 9.45. The van der Waals surface area contributed by atoms with Crippen molar-refractivity contribution in [3.63, 3.8) is 0 Å². The second kappa shape index (κ2) is 15.9. The monoisotopic (exact) mass is 623 g/mol. The fourth-order valence-electron chi connectivity index (χ4n) is 7.06. The third-order valence-corrected chi connectivity index (χ3v) is 9.45. The minimum Gasteiger partial charge on any atom is -0.382 e. The summed E-state index contributed by atoms with van der Waals surface area (Å²) in [4.78, 5) is 2.43. The van der Waals surface area contributed by atoms with Crippen molar-refractivity contribution in [3.8, 4) is 0 Å². The molecule has 244 valence electrons. The normalized spacial score (nSPS) is 13.1. The van der Waals surface area contributed by atoms with Gasteiger partial charge in [-0.15, -0.1) is 0 Å². The maximum absolute atomic E-state index is 3.76. The highest BCUT2D eigenvalue weighted by Crippen LogP contribution is 2.39. The van der Waals surface area contributed by atoms with Crippen LogP contribution in [0.1, 0.15) is 78.1 Å². The fourth-order valence-corrected chi connectivity index (χ4v) is 7.06. The molecule has 3 nitrogen and oxygen atoms in total. The molecule has 0 saturated carbocycles. The van der Waals surface area contributed by atoms with Crippen molar-refractivity contribution in [2.75, 3.05) is 28.6 Å². The number of nitrogens with one attached hydrogen (secondary N) is 2. The van der Waals surface area contributed by atoms with Gasteiger partial charge in [-0.2, -0.15) is 0 Å². The van der Waals surface area contributed by atoms with Crippen molar-refractivity contribution in [2.45, 2.75) is 79.3 Å². The van der Waals surface area contributed by atoms with Gasteiger partial charge >= 0.3 is 0 Å². The zero-order valence-electron chi connectivity index (χ0n) is 29.5. The highest BCUT2D eigenvalue weighted by atomic mass is 15.1. The number of hydrogen-bond acceptors (Lipinski definition) is 3. The van der Waals surface area contributed by atoms with E-state index in [0.717, 1.165) is 25.9 Å². The molecule has 2 unspecified atom stereocenters. The standard InChI is InChI=1S/C44H53N3/c1-8-47(9-2)40-22-25-43(33(5)28-40)44(41-23-20-38(26-31(41)3)45-34(6)29-36-16-12-10-13-17-36)42-24-21-39(27-32(42)4)46-35(7)30-37-18-14-11-15-19-37/h10-28,34-35,44-46H,8-9,29-30H2,1-7H3. The van der Waals surface area contributed by atoms with Crippen molar-refractivity contribution >= 4 is 17.1 Å². The minimum absolute atomic E-state index is 0.132. The smallest absolute Gasteiger partial charge is 0.0368 e. The van der Waals surface area contributed by atoms with E-state index in [9.17, 15) is 0 Å². The predicted molar refractivity (Wildman–Crippen MR) is 205 cm³/mol. The molecule has 0 spiro atoms. The molecule has 0 fully saturated rings. The van der Waals surface area contributed by atoms with Gasteiger partial charge < -0.3 is 15.5 Å². The molecule has 0 aliphatic rings. The largest absolute Gasteiger partial charge is 0.382 e. The van der Waals surface area contributed by atoms with Crippen LogP contribution in [0.4, 0.5) is 17.1 Å². The molecule has 0 saturated heterocycles. The molecule has 5 aromatic carbocycles. The van der Waals surface area contributed by atoms with Crippen molar-refractivity contribution < 1.29 is 0 Å². The van der Waals surface area contributed by atoms with E-state index in [0.29, 0.717) is 12.1 Å². The minimum atomic E-state index is 0.132. The first-order valence-electron chi connectivity index (χ1n) is 17.4. The Balaban J connectivity index is 1.46. The molecule has 2 N–H and O–H groups in total. The van der Waals surface area contributed by atoms with Gasteiger partial charge in [0.05, 0.1) is 0 Å². The third kappa shape index (κ3) is 8.65. The molecule has 2 atom stereocenters. The van der Waals surface area contributed by atoms with Crippen LogP contribution in [0.5, 0.6) is 0 Å². The Morgan fingerprint density at radius 2 is 0.915 bits per heavy atom. The number of aryl methyl sites for hydroxylation is 3. The van der Waals surface area contributed by atoms with Gasteiger partial charge in [-0.05, 0) is 142 Å². The van der Waals surface area contributed by atoms with E-state index < -0.39 is 0 Å². The quantitative estimate of drug-likeness (QED) is 0.121. The molecule has 0 bridgehead atoms. The lowest BCUT2D eigenvalue weighted by molar-refractivity contribution is 0.789. The van der Waals surface area contributed by atoms with Gasteiger partial charge in [0.2, 0.25) is 0 Å². The summed E-state index contributed by atoms with van der Waals surface area (Å²) in [6.07, 6.45) is 1.98. The maximum atomic E-state index is 3.76. The van der Waals surface area contributed by atoms with Crippen LogP contribution in [-0.2, 0) is 12.8 Å². The highest BCUT2D eigenvalue weighted by molar-refractivity contribution is 5.60. The van der Waals surface area contributed by atoms with E-state index in [4.69, 9.17) is 0 Å². The molecule has 0 amide bonds. The Labute approximate surface area is 284 Å². The van der Waals surface area contributed by atoms with E-state index in [2.05, 4.69) is 179 Å². The van der Waals surface area contributed by atoms with Gasteiger partial charge in [-0.1, -0.05) is 78.9 Å².